The lowest BCUT2D eigenvalue weighted by molar-refractivity contribution is -0.138. The van der Waals surface area contributed by atoms with Crippen LogP contribution in [0.1, 0.15) is 51.9 Å². The highest BCUT2D eigenvalue weighted by molar-refractivity contribution is 5.68. The van der Waals surface area contributed by atoms with Crippen LogP contribution in [0.4, 0.5) is 0 Å². The number of carboxylic acid groups (broad SMARTS) is 1. The minimum atomic E-state index is -0.625. The van der Waals surface area contributed by atoms with Gasteiger partial charge in [0.15, 0.2) is 0 Å². The van der Waals surface area contributed by atoms with Crippen molar-refractivity contribution < 1.29 is 9.90 Å². The van der Waals surface area contributed by atoms with Gasteiger partial charge in [-0.2, -0.15) is 0 Å². The Morgan fingerprint density at radius 1 is 1.38 bits per heavy atom. The van der Waals surface area contributed by atoms with Crippen LogP contribution in [0.15, 0.2) is 0 Å². The number of carbonyl (C=O) groups is 1. The first-order chi connectivity index (χ1) is 7.61. The number of hydrogen-bond acceptors (Lipinski definition) is 2. The lowest BCUT2D eigenvalue weighted by Gasteiger charge is -2.30. The van der Waals surface area contributed by atoms with Crippen LogP contribution < -0.4 is 0 Å². The van der Waals surface area contributed by atoms with Gasteiger partial charge in [0.1, 0.15) is 0 Å². The van der Waals surface area contributed by atoms with Gasteiger partial charge in [-0.15, -0.1) is 0 Å². The molecule has 0 aromatic rings. The first kappa shape index (κ1) is 11.9. The molecule has 1 heterocycles. The van der Waals surface area contributed by atoms with Gasteiger partial charge in [-0.1, -0.05) is 12.8 Å². The summed E-state index contributed by atoms with van der Waals surface area (Å²) in [6.07, 6.45) is 7.84. The summed E-state index contributed by atoms with van der Waals surface area (Å²) in [6.45, 7) is 4.48. The van der Waals surface area contributed by atoms with Crippen LogP contribution in [0.2, 0.25) is 0 Å². The SMILES string of the molecule is CC1CCCCCN1CC1(CC(=O)O)CC1. The van der Waals surface area contributed by atoms with E-state index in [0.29, 0.717) is 12.5 Å². The van der Waals surface area contributed by atoms with Gasteiger partial charge in [0, 0.05) is 12.6 Å². The van der Waals surface area contributed by atoms with Crippen LogP contribution in [0.3, 0.4) is 0 Å². The highest BCUT2D eigenvalue weighted by Gasteiger charge is 2.46. The molecule has 2 fully saturated rings. The highest BCUT2D eigenvalue weighted by Crippen LogP contribution is 2.49. The quantitative estimate of drug-likeness (QED) is 0.799. The highest BCUT2D eigenvalue weighted by atomic mass is 16.4. The maximum absolute atomic E-state index is 10.8. The third-order valence-electron chi connectivity index (χ3n) is 4.21. The number of carboxylic acids is 1. The van der Waals surface area contributed by atoms with Crippen molar-refractivity contribution in [3.63, 3.8) is 0 Å². The van der Waals surface area contributed by atoms with Crippen molar-refractivity contribution in [3.05, 3.63) is 0 Å². The Morgan fingerprint density at radius 3 is 2.75 bits per heavy atom. The lowest BCUT2D eigenvalue weighted by atomic mass is 10.0. The van der Waals surface area contributed by atoms with E-state index >= 15 is 0 Å². The number of aliphatic carboxylic acids is 1. The van der Waals surface area contributed by atoms with Gasteiger partial charge in [0.25, 0.3) is 0 Å². The van der Waals surface area contributed by atoms with Crippen molar-refractivity contribution in [2.75, 3.05) is 13.1 Å². The summed E-state index contributed by atoms with van der Waals surface area (Å²) < 4.78 is 0. The first-order valence-corrected chi connectivity index (χ1v) is 6.57. The van der Waals surface area contributed by atoms with Crippen molar-refractivity contribution in [2.24, 2.45) is 5.41 Å². The zero-order valence-electron chi connectivity index (χ0n) is 10.2. The molecule has 16 heavy (non-hydrogen) atoms. The van der Waals surface area contributed by atoms with Crippen molar-refractivity contribution >= 4 is 5.97 Å². The Morgan fingerprint density at radius 2 is 2.12 bits per heavy atom. The number of nitrogens with zero attached hydrogens (tertiary/aromatic N) is 1. The van der Waals surface area contributed by atoms with E-state index in [2.05, 4.69) is 11.8 Å². The smallest absolute Gasteiger partial charge is 0.303 e. The maximum atomic E-state index is 10.8. The van der Waals surface area contributed by atoms with Crippen LogP contribution in [-0.2, 0) is 4.79 Å². The van der Waals surface area contributed by atoms with Crippen LogP contribution >= 0.6 is 0 Å². The molecule has 3 heteroatoms. The third kappa shape index (κ3) is 2.97. The molecule has 2 rings (SSSR count). The van der Waals surface area contributed by atoms with Crippen LogP contribution in [0, 0.1) is 5.41 Å². The molecule has 0 aromatic carbocycles. The van der Waals surface area contributed by atoms with E-state index in [0.717, 1.165) is 19.4 Å². The van der Waals surface area contributed by atoms with E-state index in [4.69, 9.17) is 5.11 Å². The predicted octanol–water partition coefficient (Wildman–Crippen LogP) is 2.51. The molecule has 0 radical (unpaired) electrons. The third-order valence-corrected chi connectivity index (χ3v) is 4.21. The van der Waals surface area contributed by atoms with Crippen LogP contribution in [-0.4, -0.2) is 35.1 Å². The van der Waals surface area contributed by atoms with Gasteiger partial charge in [-0.3, -0.25) is 4.79 Å². The van der Waals surface area contributed by atoms with Gasteiger partial charge < -0.3 is 10.0 Å². The van der Waals surface area contributed by atoms with Gasteiger partial charge in [0.05, 0.1) is 6.42 Å². The molecular weight excluding hydrogens is 202 g/mol. The van der Waals surface area contributed by atoms with E-state index in [-0.39, 0.29) is 5.41 Å². The van der Waals surface area contributed by atoms with Crippen LogP contribution in [0.25, 0.3) is 0 Å². The maximum Gasteiger partial charge on any atom is 0.303 e. The molecule has 2 aliphatic rings. The average Bonchev–Trinajstić information content (AvgIpc) is 2.95. The van der Waals surface area contributed by atoms with Gasteiger partial charge in [0.2, 0.25) is 0 Å². The fourth-order valence-corrected chi connectivity index (χ4v) is 2.89. The van der Waals surface area contributed by atoms with E-state index in [9.17, 15) is 4.79 Å². The van der Waals surface area contributed by atoms with Crippen molar-refractivity contribution in [3.8, 4) is 0 Å². The summed E-state index contributed by atoms with van der Waals surface area (Å²) in [7, 11) is 0. The zero-order valence-corrected chi connectivity index (χ0v) is 10.2. The summed E-state index contributed by atoms with van der Waals surface area (Å²) >= 11 is 0. The predicted molar refractivity (Wildman–Crippen MR) is 63.4 cm³/mol. The Balaban J connectivity index is 1.89. The van der Waals surface area contributed by atoms with Crippen molar-refractivity contribution in [1.82, 2.24) is 4.90 Å². The van der Waals surface area contributed by atoms with Crippen molar-refractivity contribution in [2.45, 2.75) is 57.9 Å². The topological polar surface area (TPSA) is 40.5 Å². The molecule has 0 spiro atoms. The summed E-state index contributed by atoms with van der Waals surface area (Å²) in [5.41, 5.74) is 0.129. The monoisotopic (exact) mass is 225 g/mol. The molecule has 92 valence electrons. The Bertz CT molecular complexity index is 261. The molecule has 1 unspecified atom stereocenters. The first-order valence-electron chi connectivity index (χ1n) is 6.57. The van der Waals surface area contributed by atoms with Gasteiger partial charge >= 0.3 is 5.97 Å². The molecule has 1 N–H and O–H groups in total. The second-order valence-corrected chi connectivity index (χ2v) is 5.74. The molecular formula is C13H23NO2. The largest absolute Gasteiger partial charge is 0.481 e. The Labute approximate surface area is 97.8 Å². The minimum Gasteiger partial charge on any atom is -0.481 e. The number of rotatable bonds is 4. The van der Waals surface area contributed by atoms with Gasteiger partial charge in [-0.25, -0.2) is 0 Å². The second kappa shape index (κ2) is 4.74. The molecule has 1 saturated carbocycles. The molecule has 0 amide bonds. The molecule has 0 bridgehead atoms. The van der Waals surface area contributed by atoms with E-state index < -0.39 is 5.97 Å². The Kier molecular flexibility index (Phi) is 3.53. The van der Waals surface area contributed by atoms with Gasteiger partial charge in [-0.05, 0) is 44.6 Å². The fraction of sp³-hybridized carbons (Fsp3) is 0.923. The number of hydrogen-bond donors (Lipinski definition) is 1. The summed E-state index contributed by atoms with van der Waals surface area (Å²) in [5, 5.41) is 8.92. The zero-order chi connectivity index (χ0) is 11.6. The lowest BCUT2D eigenvalue weighted by Crippen LogP contribution is -2.38. The molecule has 0 aromatic heterocycles. The molecule has 1 saturated heterocycles. The average molecular weight is 225 g/mol. The standard InChI is InChI=1S/C13H23NO2/c1-11-5-3-2-4-8-14(11)10-13(6-7-13)9-12(15)16/h11H,2-10H2,1H3,(H,15,16). The second-order valence-electron chi connectivity index (χ2n) is 5.74. The summed E-state index contributed by atoms with van der Waals surface area (Å²) in [6, 6.07) is 0.647. The van der Waals surface area contributed by atoms with Crippen LogP contribution in [0.5, 0.6) is 0 Å². The summed E-state index contributed by atoms with van der Waals surface area (Å²) in [4.78, 5) is 13.4. The molecule has 1 aliphatic heterocycles. The summed E-state index contributed by atoms with van der Waals surface area (Å²) in [5.74, 6) is -0.625. The Hall–Kier alpha value is -0.570. The van der Waals surface area contributed by atoms with Crippen molar-refractivity contribution in [1.29, 1.82) is 0 Å². The number of likely N-dealkylation sites (tertiary alicyclic amines) is 1. The molecule has 3 nitrogen and oxygen atoms in total. The van der Waals surface area contributed by atoms with E-state index in [1.54, 1.807) is 0 Å². The normalized spacial score (nSPS) is 29.7. The molecule has 1 atom stereocenters. The minimum absolute atomic E-state index is 0.129. The van der Waals surface area contributed by atoms with E-state index in [1.165, 1.54) is 32.2 Å². The molecule has 1 aliphatic carbocycles. The van der Waals surface area contributed by atoms with E-state index in [1.807, 2.05) is 0 Å². The fourth-order valence-electron chi connectivity index (χ4n) is 2.89.